The van der Waals surface area contributed by atoms with Crippen molar-refractivity contribution in [3.05, 3.63) is 95.6 Å². The van der Waals surface area contributed by atoms with Crippen molar-refractivity contribution in [2.75, 3.05) is 31.7 Å². The molecule has 36 heavy (non-hydrogen) atoms. The zero-order valence-corrected chi connectivity index (χ0v) is 21.0. The van der Waals surface area contributed by atoms with Crippen molar-refractivity contribution in [3.63, 3.8) is 0 Å². The average Bonchev–Trinajstić information content (AvgIpc) is 3.20. The predicted molar refractivity (Wildman–Crippen MR) is 140 cm³/mol. The minimum absolute atomic E-state index is 0.0888. The number of nitrogens with zero attached hydrogens (tertiary/aromatic N) is 2. The number of carbonyl (C=O) groups is 1. The van der Waals surface area contributed by atoms with Crippen LogP contribution in [0.3, 0.4) is 0 Å². The molecule has 0 aliphatic carbocycles. The van der Waals surface area contributed by atoms with Gasteiger partial charge in [-0.05, 0) is 48.4 Å². The molecule has 0 saturated carbocycles. The van der Waals surface area contributed by atoms with E-state index in [1.165, 1.54) is 0 Å². The van der Waals surface area contributed by atoms with Crippen molar-refractivity contribution in [3.8, 4) is 5.75 Å². The van der Waals surface area contributed by atoms with E-state index in [-0.39, 0.29) is 18.7 Å². The molecule has 1 unspecified atom stereocenters. The van der Waals surface area contributed by atoms with Gasteiger partial charge in [0.05, 0.1) is 6.61 Å². The first-order chi connectivity index (χ1) is 17.6. The third-order valence-electron chi connectivity index (χ3n) is 7.32. The van der Waals surface area contributed by atoms with Crippen LogP contribution in [0.25, 0.3) is 0 Å². The molecule has 1 amide bonds. The molecular weight excluding hydrogens is 452 g/mol. The fraction of sp³-hybridized carbons (Fsp3) is 0.367. The summed E-state index contributed by atoms with van der Waals surface area (Å²) in [5.74, 6) is 0.838. The number of fused-ring (bicyclic) bond motifs is 1. The number of amides is 1. The molecule has 2 aliphatic rings. The molecule has 3 aromatic carbocycles. The van der Waals surface area contributed by atoms with Crippen LogP contribution in [0.2, 0.25) is 0 Å². The molecule has 5 rings (SSSR count). The quantitative estimate of drug-likeness (QED) is 0.460. The lowest BCUT2D eigenvalue weighted by atomic mass is 9.77. The van der Waals surface area contributed by atoms with Gasteiger partial charge < -0.3 is 19.5 Å². The highest BCUT2D eigenvalue weighted by atomic mass is 16.5. The Bertz CT molecular complexity index is 1180. The second kappa shape index (κ2) is 10.4. The lowest BCUT2D eigenvalue weighted by Crippen LogP contribution is -2.62. The first kappa shape index (κ1) is 24.5. The van der Waals surface area contributed by atoms with Crippen LogP contribution in [0.1, 0.15) is 48.8 Å². The predicted octanol–water partition coefficient (Wildman–Crippen LogP) is 4.89. The maximum Gasteiger partial charge on any atom is 0.251 e. The van der Waals surface area contributed by atoms with E-state index in [2.05, 4.69) is 36.1 Å². The number of aliphatic hydroxyl groups excluding tert-OH is 1. The van der Waals surface area contributed by atoms with E-state index in [9.17, 15) is 4.79 Å². The summed E-state index contributed by atoms with van der Waals surface area (Å²) < 4.78 is 12.5. The highest BCUT2D eigenvalue weighted by Crippen LogP contribution is 2.53. The van der Waals surface area contributed by atoms with Crippen molar-refractivity contribution < 1.29 is 19.4 Å². The first-order valence-corrected chi connectivity index (χ1v) is 12.8. The Kier molecular flexibility index (Phi) is 7.10. The maximum atomic E-state index is 14.4. The van der Waals surface area contributed by atoms with E-state index in [4.69, 9.17) is 14.6 Å². The summed E-state index contributed by atoms with van der Waals surface area (Å²) in [6.07, 6.45) is 1.23. The van der Waals surface area contributed by atoms with E-state index in [0.29, 0.717) is 26.0 Å². The lowest BCUT2D eigenvalue weighted by molar-refractivity contribution is -0.131. The van der Waals surface area contributed by atoms with E-state index >= 15 is 0 Å². The normalized spacial score (nSPS) is 23.8. The Hall–Kier alpha value is -3.19. The van der Waals surface area contributed by atoms with Gasteiger partial charge in [-0.15, -0.1) is 0 Å². The van der Waals surface area contributed by atoms with Gasteiger partial charge in [-0.25, -0.2) is 0 Å². The van der Waals surface area contributed by atoms with Gasteiger partial charge in [0.1, 0.15) is 23.6 Å². The standard InChI is InChI=1S/C30H34N2O4/c1-3-18-32-26-13-8-7-12-24(26)21-30(29(32)34)27(22-10-5-4-6-11-22)36-28(31(30)2)23-14-16-25(17-15-23)35-20-9-19-33/h4-8,10-17,27-28,33H,3,9,18-21H2,1-2H3/t27-,28?,30-/m1/s1. The van der Waals surface area contributed by atoms with Gasteiger partial charge in [0.25, 0.3) is 5.91 Å². The molecule has 6 nitrogen and oxygen atoms in total. The van der Waals surface area contributed by atoms with Gasteiger partial charge >= 0.3 is 0 Å². The molecule has 0 bridgehead atoms. The van der Waals surface area contributed by atoms with Crippen molar-refractivity contribution in [2.45, 2.75) is 44.1 Å². The molecular formula is C30H34N2O4. The summed E-state index contributed by atoms with van der Waals surface area (Å²) in [6.45, 7) is 3.34. The van der Waals surface area contributed by atoms with Crippen LogP contribution in [0.15, 0.2) is 78.9 Å². The van der Waals surface area contributed by atoms with Crippen molar-refractivity contribution >= 4 is 11.6 Å². The zero-order valence-electron chi connectivity index (χ0n) is 21.0. The number of para-hydroxylation sites is 1. The van der Waals surface area contributed by atoms with Crippen molar-refractivity contribution in [1.82, 2.24) is 4.90 Å². The molecule has 0 aromatic heterocycles. The largest absolute Gasteiger partial charge is 0.494 e. The molecule has 6 heteroatoms. The number of aliphatic hydroxyl groups is 1. The second-order valence-corrected chi connectivity index (χ2v) is 9.57. The van der Waals surface area contributed by atoms with Crippen LogP contribution in [0.5, 0.6) is 5.75 Å². The molecule has 1 N–H and O–H groups in total. The maximum absolute atomic E-state index is 14.4. The summed E-state index contributed by atoms with van der Waals surface area (Å²) in [4.78, 5) is 18.5. The van der Waals surface area contributed by atoms with Gasteiger partial charge in [-0.3, -0.25) is 9.69 Å². The van der Waals surface area contributed by atoms with Crippen LogP contribution in [0.4, 0.5) is 5.69 Å². The van der Waals surface area contributed by atoms with Gasteiger partial charge in [-0.2, -0.15) is 0 Å². The number of anilines is 1. The minimum Gasteiger partial charge on any atom is -0.494 e. The average molecular weight is 487 g/mol. The van der Waals surface area contributed by atoms with Crippen LogP contribution in [0, 0.1) is 0 Å². The summed E-state index contributed by atoms with van der Waals surface area (Å²) >= 11 is 0. The monoisotopic (exact) mass is 486 g/mol. The number of benzene rings is 3. The van der Waals surface area contributed by atoms with Gasteiger partial charge in [0.15, 0.2) is 0 Å². The Morgan fingerprint density at radius 1 is 1.00 bits per heavy atom. The topological polar surface area (TPSA) is 62.2 Å². The van der Waals surface area contributed by atoms with Crippen LogP contribution in [-0.4, -0.2) is 48.3 Å². The van der Waals surface area contributed by atoms with Crippen LogP contribution in [-0.2, 0) is 16.0 Å². The Labute approximate surface area is 213 Å². The smallest absolute Gasteiger partial charge is 0.251 e. The fourth-order valence-corrected chi connectivity index (χ4v) is 5.55. The van der Waals surface area contributed by atoms with E-state index in [0.717, 1.165) is 34.5 Å². The number of hydrogen-bond acceptors (Lipinski definition) is 5. The number of carbonyl (C=O) groups excluding carboxylic acids is 1. The molecule has 1 spiro atoms. The zero-order chi connectivity index (χ0) is 25.1. The van der Waals surface area contributed by atoms with Gasteiger partial charge in [-0.1, -0.05) is 67.6 Å². The molecule has 1 saturated heterocycles. The molecule has 3 aromatic rings. The van der Waals surface area contributed by atoms with Gasteiger partial charge in [0.2, 0.25) is 0 Å². The van der Waals surface area contributed by atoms with Gasteiger partial charge in [0, 0.05) is 31.7 Å². The number of ether oxygens (including phenoxy) is 2. The van der Waals surface area contributed by atoms with Crippen LogP contribution < -0.4 is 9.64 Å². The van der Waals surface area contributed by atoms with E-state index in [1.54, 1.807) is 0 Å². The second-order valence-electron chi connectivity index (χ2n) is 9.57. The third kappa shape index (κ3) is 4.19. The fourth-order valence-electron chi connectivity index (χ4n) is 5.55. The lowest BCUT2D eigenvalue weighted by Gasteiger charge is -2.46. The van der Waals surface area contributed by atoms with Crippen LogP contribution >= 0.6 is 0 Å². The number of rotatable bonds is 8. The molecule has 188 valence electrons. The Balaban J connectivity index is 1.56. The number of likely N-dealkylation sites (N-methyl/N-ethyl adjacent to an activating group) is 1. The third-order valence-corrected chi connectivity index (χ3v) is 7.32. The first-order valence-electron chi connectivity index (χ1n) is 12.8. The molecule has 3 atom stereocenters. The number of hydrogen-bond donors (Lipinski definition) is 1. The SMILES string of the molecule is CCCN1C(=O)[C@@]2(Cc3ccccc31)[C@@H](c1ccccc1)OC(c1ccc(OCCCO)cc1)N2C. The summed E-state index contributed by atoms with van der Waals surface area (Å²) in [5.41, 5.74) is 3.27. The van der Waals surface area contributed by atoms with E-state index < -0.39 is 11.6 Å². The molecule has 1 fully saturated rings. The summed E-state index contributed by atoms with van der Waals surface area (Å²) in [7, 11) is 2.01. The minimum atomic E-state index is -0.869. The highest BCUT2D eigenvalue weighted by Gasteiger charge is 2.61. The summed E-state index contributed by atoms with van der Waals surface area (Å²) in [5, 5.41) is 9.00. The Morgan fingerprint density at radius 2 is 1.72 bits per heavy atom. The molecule has 2 heterocycles. The molecule has 0 radical (unpaired) electrons. The molecule has 2 aliphatic heterocycles. The Morgan fingerprint density at radius 3 is 2.44 bits per heavy atom. The highest BCUT2D eigenvalue weighted by molar-refractivity contribution is 6.04. The van der Waals surface area contributed by atoms with E-state index in [1.807, 2.05) is 66.5 Å². The van der Waals surface area contributed by atoms with Crippen molar-refractivity contribution in [2.24, 2.45) is 0 Å². The van der Waals surface area contributed by atoms with Crippen molar-refractivity contribution in [1.29, 1.82) is 0 Å². The summed E-state index contributed by atoms with van der Waals surface area (Å²) in [6, 6.07) is 26.2.